The van der Waals surface area contributed by atoms with Gasteiger partial charge in [0.1, 0.15) is 0 Å². The molecular weight excluding hydrogens is 369 g/mol. The van der Waals surface area contributed by atoms with E-state index in [1.807, 2.05) is 0 Å². The number of carboxylic acid groups (broad SMARTS) is 1. The number of hydrogen-bond donors (Lipinski definition) is 1. The minimum Gasteiger partial charge on any atom is -0.545 e. The number of carboxylic acids is 1. The maximum Gasteiger partial charge on any atom is 1.00 e. The van der Waals surface area contributed by atoms with Crippen LogP contribution < -0.4 is 40.0 Å². The minimum atomic E-state index is -1.12. The second-order valence-corrected chi connectivity index (χ2v) is 9.34. The summed E-state index contributed by atoms with van der Waals surface area (Å²) in [5, 5.41) is 14.1. The van der Waals surface area contributed by atoms with Gasteiger partial charge in [-0.3, -0.25) is 0 Å². The summed E-state index contributed by atoms with van der Waals surface area (Å²) in [6, 6.07) is 6.78. The molecule has 0 saturated carbocycles. The number of hydrogen-bond acceptors (Lipinski definition) is 3. The Morgan fingerprint density at radius 3 is 1.59 bits per heavy atom. The van der Waals surface area contributed by atoms with Gasteiger partial charge in [-0.1, -0.05) is 104 Å². The largest absolute Gasteiger partial charge is 1.00 e. The summed E-state index contributed by atoms with van der Waals surface area (Å²) in [7, 11) is 0. The number of rotatable bonds is 16. The average molecular weight is 412 g/mol. The molecular formula is C25H42NNaO2. The fraction of sp³-hybridized carbons (Fsp3) is 0.720. The molecule has 0 aliphatic carbocycles. The summed E-state index contributed by atoms with van der Waals surface area (Å²) in [6.45, 7) is 7.95. The summed E-state index contributed by atoms with van der Waals surface area (Å²) >= 11 is 0. The fourth-order valence-electron chi connectivity index (χ4n) is 3.50. The van der Waals surface area contributed by atoms with Crippen LogP contribution in [0.1, 0.15) is 115 Å². The van der Waals surface area contributed by atoms with E-state index in [2.05, 4.69) is 26.1 Å². The number of anilines is 1. The molecule has 0 aromatic heterocycles. The third-order valence-electron chi connectivity index (χ3n) is 5.30. The number of carbonyl (C=O) groups is 1. The van der Waals surface area contributed by atoms with Gasteiger partial charge >= 0.3 is 29.6 Å². The molecule has 1 rings (SSSR count). The van der Waals surface area contributed by atoms with Crippen LogP contribution >= 0.6 is 0 Å². The number of nitrogens with one attached hydrogen (secondary N) is 1. The SMILES string of the molecule is CC(C)(C)CCCCCCCCCCCCCCNc1ccc(C(=O)[O-])cc1.[Na+]. The molecule has 0 bridgehead atoms. The van der Waals surface area contributed by atoms with Crippen molar-refractivity contribution in [2.24, 2.45) is 5.41 Å². The number of unbranched alkanes of at least 4 members (excludes halogenated alkanes) is 11. The van der Waals surface area contributed by atoms with Crippen molar-refractivity contribution in [1.29, 1.82) is 0 Å². The number of aromatic carboxylic acids is 1. The standard InChI is InChI=1S/C25H43NO2.Na/c1-25(2,3)20-14-12-10-8-6-4-5-7-9-11-13-15-21-26-23-18-16-22(17-19-23)24(27)28;/h16-19,26H,4-15,20-21H2,1-3H3,(H,27,28);/q;+1/p-1. The quantitative estimate of drug-likeness (QED) is 0.334. The molecule has 1 aromatic carbocycles. The molecule has 1 aromatic rings. The maximum absolute atomic E-state index is 10.7. The Balaban J connectivity index is 0.00000784. The molecule has 0 fully saturated rings. The van der Waals surface area contributed by atoms with Gasteiger partial charge in [0.05, 0.1) is 5.97 Å². The Bertz CT molecular complexity index is 523. The van der Waals surface area contributed by atoms with Crippen molar-refractivity contribution in [2.75, 3.05) is 11.9 Å². The summed E-state index contributed by atoms with van der Waals surface area (Å²) in [6.07, 6.45) is 17.7. The van der Waals surface area contributed by atoms with Crippen molar-refractivity contribution in [3.05, 3.63) is 29.8 Å². The van der Waals surface area contributed by atoms with Crippen molar-refractivity contribution < 1.29 is 39.5 Å². The second-order valence-electron chi connectivity index (χ2n) is 9.34. The van der Waals surface area contributed by atoms with Gasteiger partial charge in [0.2, 0.25) is 0 Å². The van der Waals surface area contributed by atoms with Gasteiger partial charge < -0.3 is 15.2 Å². The zero-order chi connectivity index (χ0) is 20.7. The van der Waals surface area contributed by atoms with Crippen LogP contribution in [-0.2, 0) is 0 Å². The first-order chi connectivity index (χ1) is 13.4. The van der Waals surface area contributed by atoms with Crippen LogP contribution in [0.4, 0.5) is 5.69 Å². The summed E-state index contributed by atoms with van der Waals surface area (Å²) in [5.41, 5.74) is 1.70. The number of benzene rings is 1. The smallest absolute Gasteiger partial charge is 0.545 e. The van der Waals surface area contributed by atoms with E-state index in [0.29, 0.717) is 5.41 Å². The summed E-state index contributed by atoms with van der Waals surface area (Å²) in [5.74, 6) is -1.12. The van der Waals surface area contributed by atoms with Gasteiger partial charge in [-0.25, -0.2) is 0 Å². The van der Waals surface area contributed by atoms with Gasteiger partial charge in [0.25, 0.3) is 0 Å². The van der Waals surface area contributed by atoms with Gasteiger partial charge in [-0.2, -0.15) is 0 Å². The van der Waals surface area contributed by atoms with E-state index in [-0.39, 0.29) is 35.1 Å². The molecule has 0 aliphatic heterocycles. The van der Waals surface area contributed by atoms with Crippen LogP contribution in [-0.4, -0.2) is 12.5 Å². The number of carbonyl (C=O) groups excluding carboxylic acids is 1. The molecule has 0 amide bonds. The monoisotopic (exact) mass is 411 g/mol. The van der Waals surface area contributed by atoms with E-state index >= 15 is 0 Å². The molecule has 0 spiro atoms. The van der Waals surface area contributed by atoms with Crippen LogP contribution in [0, 0.1) is 5.41 Å². The first-order valence-electron chi connectivity index (χ1n) is 11.4. The van der Waals surface area contributed by atoms with Gasteiger partial charge in [0.15, 0.2) is 0 Å². The van der Waals surface area contributed by atoms with Crippen LogP contribution in [0.5, 0.6) is 0 Å². The van der Waals surface area contributed by atoms with Crippen molar-refractivity contribution in [1.82, 2.24) is 0 Å². The minimum absolute atomic E-state index is 0. The van der Waals surface area contributed by atoms with Crippen LogP contribution in [0.15, 0.2) is 24.3 Å². The van der Waals surface area contributed by atoms with Crippen molar-refractivity contribution in [3.63, 3.8) is 0 Å². The Labute approximate surface area is 201 Å². The predicted molar refractivity (Wildman–Crippen MR) is 119 cm³/mol. The van der Waals surface area contributed by atoms with E-state index in [9.17, 15) is 9.90 Å². The van der Waals surface area contributed by atoms with Crippen LogP contribution in [0.2, 0.25) is 0 Å². The molecule has 0 radical (unpaired) electrons. The van der Waals surface area contributed by atoms with Crippen molar-refractivity contribution in [2.45, 2.75) is 104 Å². The van der Waals surface area contributed by atoms with E-state index in [1.54, 1.807) is 24.3 Å². The first-order valence-corrected chi connectivity index (χ1v) is 11.4. The van der Waals surface area contributed by atoms with Crippen LogP contribution in [0.3, 0.4) is 0 Å². The Morgan fingerprint density at radius 2 is 1.17 bits per heavy atom. The molecule has 1 N–H and O–H groups in total. The maximum atomic E-state index is 10.7. The zero-order valence-corrected chi connectivity index (χ0v) is 21.5. The molecule has 4 heteroatoms. The second kappa shape index (κ2) is 17.2. The van der Waals surface area contributed by atoms with Crippen LogP contribution in [0.25, 0.3) is 0 Å². The van der Waals surface area contributed by atoms with E-state index in [4.69, 9.17) is 0 Å². The third-order valence-corrected chi connectivity index (χ3v) is 5.30. The fourth-order valence-corrected chi connectivity index (χ4v) is 3.50. The average Bonchev–Trinajstić information content (AvgIpc) is 2.64. The molecule has 160 valence electrons. The Hall–Kier alpha value is -0.510. The molecule has 0 atom stereocenters. The zero-order valence-electron chi connectivity index (χ0n) is 19.5. The van der Waals surface area contributed by atoms with Crippen molar-refractivity contribution >= 4 is 11.7 Å². The summed E-state index contributed by atoms with van der Waals surface area (Å²) < 4.78 is 0. The molecule has 0 aliphatic rings. The molecule has 0 unspecified atom stereocenters. The van der Waals surface area contributed by atoms with E-state index in [0.717, 1.165) is 18.7 Å². The Kier molecular flexibility index (Phi) is 16.9. The summed E-state index contributed by atoms with van der Waals surface area (Å²) in [4.78, 5) is 10.7. The Morgan fingerprint density at radius 1 is 0.759 bits per heavy atom. The third kappa shape index (κ3) is 16.9. The van der Waals surface area contributed by atoms with Gasteiger partial charge in [-0.05, 0) is 36.0 Å². The van der Waals surface area contributed by atoms with Gasteiger partial charge in [-0.15, -0.1) is 0 Å². The molecule has 3 nitrogen and oxygen atoms in total. The van der Waals surface area contributed by atoms with Crippen molar-refractivity contribution in [3.8, 4) is 0 Å². The van der Waals surface area contributed by atoms with E-state index < -0.39 is 5.97 Å². The molecule has 0 saturated heterocycles. The normalized spacial score (nSPS) is 11.1. The molecule has 0 heterocycles. The molecule has 29 heavy (non-hydrogen) atoms. The van der Waals surface area contributed by atoms with E-state index in [1.165, 1.54) is 77.0 Å². The first kappa shape index (κ1) is 28.5. The topological polar surface area (TPSA) is 52.2 Å². The van der Waals surface area contributed by atoms with Gasteiger partial charge in [0, 0.05) is 12.2 Å². The predicted octanol–water partition coefficient (Wildman–Crippen LogP) is 3.58.